The van der Waals surface area contributed by atoms with Gasteiger partial charge in [-0.3, -0.25) is 0 Å². The summed E-state index contributed by atoms with van der Waals surface area (Å²) in [4.78, 5) is 7.57. The minimum atomic E-state index is -4.25. The minimum Gasteiger partial charge on any atom is -0.345 e. The number of aromatic nitrogens is 2. The van der Waals surface area contributed by atoms with Crippen LogP contribution in [0.5, 0.6) is 0 Å². The summed E-state index contributed by atoms with van der Waals surface area (Å²) in [6, 6.07) is 0. The molecule has 0 aromatic carbocycles. The van der Waals surface area contributed by atoms with E-state index in [0.717, 1.165) is 5.56 Å². The minimum absolute atomic E-state index is 0.00502. The number of halogens is 3. The molecule has 1 N–H and O–H groups in total. The molecule has 1 heterocycles. The van der Waals surface area contributed by atoms with Gasteiger partial charge in [0.15, 0.2) is 0 Å². The predicted molar refractivity (Wildman–Crippen MR) is 46.1 cm³/mol. The summed E-state index contributed by atoms with van der Waals surface area (Å²) in [5.74, 6) is 0.00502. The first-order valence-corrected chi connectivity index (χ1v) is 3.99. The topological polar surface area (TPSA) is 37.8 Å². The number of hydrogen-bond donors (Lipinski definition) is 1. The van der Waals surface area contributed by atoms with E-state index in [1.54, 1.807) is 13.8 Å². The molecular weight excluding hydrogens is 195 g/mol. The van der Waals surface area contributed by atoms with Gasteiger partial charge in [-0.25, -0.2) is 9.97 Å². The second kappa shape index (κ2) is 3.81. The molecule has 0 saturated carbocycles. The standard InChI is InChI=1S/C8H10F3N3/c1-5-3-12-7(14-6(5)2)13-4-8(9,10)11/h3H,4H2,1-2H3,(H,12,13,14). The second-order valence-electron chi connectivity index (χ2n) is 2.93. The molecule has 0 aliphatic rings. The van der Waals surface area contributed by atoms with E-state index in [-0.39, 0.29) is 5.95 Å². The van der Waals surface area contributed by atoms with Crippen molar-refractivity contribution in [1.29, 1.82) is 0 Å². The number of nitrogens with zero attached hydrogens (tertiary/aromatic N) is 2. The number of alkyl halides is 3. The number of hydrogen-bond acceptors (Lipinski definition) is 3. The van der Waals surface area contributed by atoms with Crippen molar-refractivity contribution in [3.8, 4) is 0 Å². The summed E-state index contributed by atoms with van der Waals surface area (Å²) in [5.41, 5.74) is 1.52. The Balaban J connectivity index is 2.65. The van der Waals surface area contributed by atoms with Crippen LogP contribution < -0.4 is 5.32 Å². The maximum atomic E-state index is 11.8. The zero-order chi connectivity index (χ0) is 10.8. The van der Waals surface area contributed by atoms with Crippen LogP contribution in [0.2, 0.25) is 0 Å². The molecule has 0 fully saturated rings. The number of nitrogens with one attached hydrogen (secondary N) is 1. The van der Waals surface area contributed by atoms with Crippen LogP contribution >= 0.6 is 0 Å². The first-order chi connectivity index (χ1) is 6.38. The highest BCUT2D eigenvalue weighted by atomic mass is 19.4. The van der Waals surface area contributed by atoms with Gasteiger partial charge in [-0.1, -0.05) is 0 Å². The lowest BCUT2D eigenvalue weighted by Gasteiger charge is -2.08. The van der Waals surface area contributed by atoms with Crippen LogP contribution in [0.1, 0.15) is 11.3 Å². The van der Waals surface area contributed by atoms with Gasteiger partial charge in [0, 0.05) is 11.9 Å². The fourth-order valence-corrected chi connectivity index (χ4v) is 0.792. The van der Waals surface area contributed by atoms with E-state index in [0.29, 0.717) is 5.69 Å². The monoisotopic (exact) mass is 205 g/mol. The second-order valence-corrected chi connectivity index (χ2v) is 2.93. The van der Waals surface area contributed by atoms with Gasteiger partial charge in [0.25, 0.3) is 0 Å². The zero-order valence-electron chi connectivity index (χ0n) is 7.81. The first kappa shape index (κ1) is 10.7. The number of rotatable bonds is 2. The lowest BCUT2D eigenvalue weighted by molar-refractivity contribution is -0.115. The zero-order valence-corrected chi connectivity index (χ0v) is 7.81. The Morgan fingerprint density at radius 2 is 2.00 bits per heavy atom. The third-order valence-electron chi connectivity index (χ3n) is 1.67. The molecule has 0 bridgehead atoms. The Kier molecular flexibility index (Phi) is 2.93. The number of anilines is 1. The van der Waals surface area contributed by atoms with E-state index in [1.165, 1.54) is 6.20 Å². The number of aryl methyl sites for hydroxylation is 2. The van der Waals surface area contributed by atoms with Gasteiger partial charge >= 0.3 is 6.18 Å². The molecule has 0 saturated heterocycles. The van der Waals surface area contributed by atoms with E-state index in [1.807, 2.05) is 0 Å². The molecule has 1 aromatic rings. The van der Waals surface area contributed by atoms with E-state index < -0.39 is 12.7 Å². The fraction of sp³-hybridized carbons (Fsp3) is 0.500. The van der Waals surface area contributed by atoms with Crippen LogP contribution in [0.15, 0.2) is 6.20 Å². The van der Waals surface area contributed by atoms with Crippen molar-refractivity contribution in [2.75, 3.05) is 11.9 Å². The molecular formula is C8H10F3N3. The molecule has 0 aliphatic heterocycles. The van der Waals surface area contributed by atoms with Crippen molar-refractivity contribution in [3.63, 3.8) is 0 Å². The smallest absolute Gasteiger partial charge is 0.345 e. The maximum Gasteiger partial charge on any atom is 0.405 e. The normalized spacial score (nSPS) is 11.5. The quantitative estimate of drug-likeness (QED) is 0.803. The average molecular weight is 205 g/mol. The van der Waals surface area contributed by atoms with Crippen molar-refractivity contribution >= 4 is 5.95 Å². The van der Waals surface area contributed by atoms with Gasteiger partial charge in [0.1, 0.15) is 6.54 Å². The Hall–Kier alpha value is -1.33. The molecule has 6 heteroatoms. The molecule has 0 radical (unpaired) electrons. The fourth-order valence-electron chi connectivity index (χ4n) is 0.792. The lowest BCUT2D eigenvalue weighted by atomic mass is 10.3. The molecule has 14 heavy (non-hydrogen) atoms. The highest BCUT2D eigenvalue weighted by Crippen LogP contribution is 2.14. The van der Waals surface area contributed by atoms with Gasteiger partial charge < -0.3 is 5.32 Å². The van der Waals surface area contributed by atoms with Crippen molar-refractivity contribution in [2.45, 2.75) is 20.0 Å². The Morgan fingerprint density at radius 1 is 1.36 bits per heavy atom. The summed E-state index contributed by atoms with van der Waals surface area (Å²) in [6.07, 6.45) is -2.76. The molecule has 3 nitrogen and oxygen atoms in total. The highest BCUT2D eigenvalue weighted by Gasteiger charge is 2.26. The van der Waals surface area contributed by atoms with Gasteiger partial charge in [0.2, 0.25) is 5.95 Å². The summed E-state index contributed by atoms with van der Waals surface area (Å²) >= 11 is 0. The average Bonchev–Trinajstić information content (AvgIpc) is 2.06. The predicted octanol–water partition coefficient (Wildman–Crippen LogP) is 2.07. The van der Waals surface area contributed by atoms with Crippen molar-refractivity contribution in [3.05, 3.63) is 17.5 Å². The van der Waals surface area contributed by atoms with Crippen molar-refractivity contribution < 1.29 is 13.2 Å². The van der Waals surface area contributed by atoms with E-state index >= 15 is 0 Å². The van der Waals surface area contributed by atoms with Gasteiger partial charge in [0.05, 0.1) is 0 Å². The Bertz CT molecular complexity index is 322. The molecule has 0 aliphatic carbocycles. The van der Waals surface area contributed by atoms with Gasteiger partial charge in [-0.15, -0.1) is 0 Å². The molecule has 78 valence electrons. The van der Waals surface area contributed by atoms with Crippen LogP contribution in [0, 0.1) is 13.8 Å². The van der Waals surface area contributed by atoms with Gasteiger partial charge in [-0.2, -0.15) is 13.2 Å². The Morgan fingerprint density at radius 3 is 2.50 bits per heavy atom. The SMILES string of the molecule is Cc1cnc(NCC(F)(F)F)nc1C. The van der Waals surface area contributed by atoms with Crippen LogP contribution in [-0.4, -0.2) is 22.7 Å². The summed E-state index contributed by atoms with van der Waals surface area (Å²) in [6.45, 7) is 2.40. The van der Waals surface area contributed by atoms with Gasteiger partial charge in [-0.05, 0) is 19.4 Å². The van der Waals surface area contributed by atoms with Crippen LogP contribution in [0.3, 0.4) is 0 Å². The first-order valence-electron chi connectivity index (χ1n) is 3.99. The lowest BCUT2D eigenvalue weighted by Crippen LogP contribution is -2.22. The van der Waals surface area contributed by atoms with Crippen molar-refractivity contribution in [2.24, 2.45) is 0 Å². The summed E-state index contributed by atoms with van der Waals surface area (Å²) in [7, 11) is 0. The van der Waals surface area contributed by atoms with E-state index in [2.05, 4.69) is 15.3 Å². The maximum absolute atomic E-state index is 11.8. The van der Waals surface area contributed by atoms with Crippen LogP contribution in [-0.2, 0) is 0 Å². The summed E-state index contributed by atoms with van der Waals surface area (Å²) < 4.78 is 35.4. The largest absolute Gasteiger partial charge is 0.405 e. The van der Waals surface area contributed by atoms with Crippen LogP contribution in [0.4, 0.5) is 19.1 Å². The molecule has 0 unspecified atom stereocenters. The summed E-state index contributed by atoms with van der Waals surface area (Å²) in [5, 5.41) is 2.11. The Labute approximate surface area is 79.4 Å². The molecule has 1 rings (SSSR count). The molecule has 1 aromatic heterocycles. The van der Waals surface area contributed by atoms with E-state index in [4.69, 9.17) is 0 Å². The van der Waals surface area contributed by atoms with Crippen LogP contribution in [0.25, 0.3) is 0 Å². The van der Waals surface area contributed by atoms with Crippen molar-refractivity contribution in [1.82, 2.24) is 9.97 Å². The third kappa shape index (κ3) is 3.20. The molecule has 0 atom stereocenters. The van der Waals surface area contributed by atoms with E-state index in [9.17, 15) is 13.2 Å². The highest BCUT2D eigenvalue weighted by molar-refractivity contribution is 5.28. The molecule has 0 spiro atoms. The third-order valence-corrected chi connectivity index (χ3v) is 1.67. The molecule has 0 amide bonds.